The molecule has 1 aliphatic carbocycles. The largest absolute Gasteiger partial charge is 0.455 e. The zero-order valence-electron chi connectivity index (χ0n) is 18.7. The highest BCUT2D eigenvalue weighted by atomic mass is 32.2. The lowest BCUT2D eigenvalue weighted by Crippen LogP contribution is -2.40. The fourth-order valence-corrected chi connectivity index (χ4v) is 5.72. The zero-order valence-corrected chi connectivity index (χ0v) is 19.5. The SMILES string of the molecule is O=C(Nc1cc(S(=O)(=O)N2CCOCC2)ccc1Oc1ccccc1)C1CC(=O)N(C2CC2)C1. The van der Waals surface area contributed by atoms with Crippen molar-refractivity contribution in [2.24, 2.45) is 5.92 Å². The Hall–Kier alpha value is -2.95. The Morgan fingerprint density at radius 1 is 1.06 bits per heavy atom. The number of ether oxygens (including phenoxy) is 2. The van der Waals surface area contributed by atoms with Crippen molar-refractivity contribution in [3.8, 4) is 11.5 Å². The number of morpholine rings is 1. The summed E-state index contributed by atoms with van der Waals surface area (Å²) in [4.78, 5) is 27.3. The topological polar surface area (TPSA) is 105 Å². The van der Waals surface area contributed by atoms with Crippen LogP contribution in [-0.4, -0.2) is 68.3 Å². The number of carbonyl (C=O) groups excluding carboxylic acids is 2. The molecular weight excluding hydrogens is 458 g/mol. The first-order valence-electron chi connectivity index (χ1n) is 11.5. The van der Waals surface area contributed by atoms with Crippen LogP contribution in [0.4, 0.5) is 5.69 Å². The average molecular weight is 486 g/mol. The number of para-hydroxylation sites is 1. The summed E-state index contributed by atoms with van der Waals surface area (Å²) in [7, 11) is -3.77. The molecule has 180 valence electrons. The van der Waals surface area contributed by atoms with Gasteiger partial charge in [0.25, 0.3) is 0 Å². The summed E-state index contributed by atoms with van der Waals surface area (Å²) in [5.74, 6) is 0.0566. The Labute approximate surface area is 198 Å². The Morgan fingerprint density at radius 2 is 1.79 bits per heavy atom. The smallest absolute Gasteiger partial charge is 0.243 e. The summed E-state index contributed by atoms with van der Waals surface area (Å²) in [6.07, 6.45) is 2.12. The molecule has 3 aliphatic rings. The van der Waals surface area contributed by atoms with Gasteiger partial charge in [-0.05, 0) is 43.2 Å². The zero-order chi connectivity index (χ0) is 23.7. The van der Waals surface area contributed by atoms with Gasteiger partial charge >= 0.3 is 0 Å². The molecular formula is C24H27N3O6S. The van der Waals surface area contributed by atoms with Crippen LogP contribution in [-0.2, 0) is 24.3 Å². The lowest BCUT2D eigenvalue weighted by Gasteiger charge is -2.26. The van der Waals surface area contributed by atoms with Crippen LogP contribution < -0.4 is 10.1 Å². The van der Waals surface area contributed by atoms with E-state index in [1.54, 1.807) is 23.1 Å². The van der Waals surface area contributed by atoms with Gasteiger partial charge < -0.3 is 19.7 Å². The Balaban J connectivity index is 1.41. The second-order valence-corrected chi connectivity index (χ2v) is 10.7. The molecule has 3 fully saturated rings. The van der Waals surface area contributed by atoms with Crippen molar-refractivity contribution in [1.29, 1.82) is 0 Å². The number of rotatable bonds is 7. The van der Waals surface area contributed by atoms with Gasteiger partial charge in [-0.15, -0.1) is 0 Å². The van der Waals surface area contributed by atoms with E-state index in [1.165, 1.54) is 16.4 Å². The third-order valence-corrected chi connectivity index (χ3v) is 8.20. The molecule has 1 unspecified atom stereocenters. The quantitative estimate of drug-likeness (QED) is 0.646. The van der Waals surface area contributed by atoms with E-state index in [9.17, 15) is 18.0 Å². The number of likely N-dealkylation sites (tertiary alicyclic amines) is 1. The molecule has 9 nitrogen and oxygen atoms in total. The second-order valence-electron chi connectivity index (χ2n) is 8.76. The molecule has 0 spiro atoms. The van der Waals surface area contributed by atoms with Crippen molar-refractivity contribution in [2.75, 3.05) is 38.2 Å². The van der Waals surface area contributed by atoms with E-state index in [2.05, 4.69) is 5.32 Å². The Morgan fingerprint density at radius 3 is 2.50 bits per heavy atom. The van der Waals surface area contributed by atoms with Gasteiger partial charge in [-0.1, -0.05) is 18.2 Å². The summed E-state index contributed by atoms with van der Waals surface area (Å²) in [6, 6.07) is 13.7. The minimum atomic E-state index is -3.77. The van der Waals surface area contributed by atoms with Crippen LogP contribution in [0.15, 0.2) is 53.4 Å². The molecule has 5 rings (SSSR count). The Bertz CT molecular complexity index is 1180. The first-order valence-corrected chi connectivity index (χ1v) is 12.9. The van der Waals surface area contributed by atoms with E-state index < -0.39 is 15.9 Å². The van der Waals surface area contributed by atoms with Crippen molar-refractivity contribution in [2.45, 2.75) is 30.2 Å². The molecule has 0 radical (unpaired) electrons. The summed E-state index contributed by atoms with van der Waals surface area (Å²) in [6.45, 7) is 1.60. The van der Waals surface area contributed by atoms with E-state index in [4.69, 9.17) is 9.47 Å². The minimum absolute atomic E-state index is 0.00736. The second kappa shape index (κ2) is 9.36. The molecule has 2 aromatic rings. The fraction of sp³-hybridized carbons (Fsp3) is 0.417. The van der Waals surface area contributed by atoms with Crippen LogP contribution in [0.5, 0.6) is 11.5 Å². The molecule has 0 bridgehead atoms. The standard InChI is InChI=1S/C24H27N3O6S/c28-23-14-17(16-27(23)18-6-7-18)24(29)25-21-15-20(34(30,31)26-10-12-32-13-11-26)8-9-22(21)33-19-4-2-1-3-5-19/h1-5,8-9,15,17-18H,6-7,10-14,16H2,(H,25,29). The minimum Gasteiger partial charge on any atom is -0.455 e. The van der Waals surface area contributed by atoms with E-state index in [-0.39, 0.29) is 47.9 Å². The summed E-state index contributed by atoms with van der Waals surface area (Å²) in [5, 5.41) is 2.84. The summed E-state index contributed by atoms with van der Waals surface area (Å²) in [5.41, 5.74) is 0.250. The molecule has 0 aromatic heterocycles. The predicted molar refractivity (Wildman–Crippen MR) is 124 cm³/mol. The molecule has 1 atom stereocenters. The molecule has 2 heterocycles. The maximum absolute atomic E-state index is 13.2. The number of nitrogens with zero attached hydrogens (tertiary/aromatic N) is 2. The molecule has 2 aliphatic heterocycles. The van der Waals surface area contributed by atoms with Gasteiger partial charge in [-0.25, -0.2) is 8.42 Å². The van der Waals surface area contributed by atoms with Gasteiger partial charge in [-0.3, -0.25) is 9.59 Å². The third-order valence-electron chi connectivity index (χ3n) is 6.30. The number of hydrogen-bond acceptors (Lipinski definition) is 6. The van der Waals surface area contributed by atoms with Gasteiger partial charge in [0.15, 0.2) is 5.75 Å². The molecule has 2 saturated heterocycles. The van der Waals surface area contributed by atoms with Gasteiger partial charge in [0.2, 0.25) is 21.8 Å². The van der Waals surface area contributed by atoms with E-state index in [0.717, 1.165) is 12.8 Å². The van der Waals surface area contributed by atoms with Gasteiger partial charge in [-0.2, -0.15) is 4.31 Å². The lowest BCUT2D eigenvalue weighted by molar-refractivity contribution is -0.128. The molecule has 1 saturated carbocycles. The highest BCUT2D eigenvalue weighted by Gasteiger charge is 2.42. The van der Waals surface area contributed by atoms with Crippen molar-refractivity contribution in [3.05, 3.63) is 48.5 Å². The van der Waals surface area contributed by atoms with Crippen molar-refractivity contribution < 1.29 is 27.5 Å². The molecule has 2 aromatic carbocycles. The van der Waals surface area contributed by atoms with E-state index in [1.807, 2.05) is 18.2 Å². The highest BCUT2D eigenvalue weighted by Crippen LogP contribution is 2.36. The van der Waals surface area contributed by atoms with Crippen molar-refractivity contribution in [1.82, 2.24) is 9.21 Å². The molecule has 2 amide bonds. The van der Waals surface area contributed by atoms with Crippen LogP contribution in [0.1, 0.15) is 19.3 Å². The van der Waals surface area contributed by atoms with Crippen LogP contribution in [0, 0.1) is 5.92 Å². The predicted octanol–water partition coefficient (Wildman–Crippen LogP) is 2.45. The van der Waals surface area contributed by atoms with Crippen LogP contribution in [0.3, 0.4) is 0 Å². The number of sulfonamides is 1. The first kappa shape index (κ1) is 22.8. The number of carbonyl (C=O) groups is 2. The summed E-state index contributed by atoms with van der Waals surface area (Å²) < 4.78 is 39.0. The number of benzene rings is 2. The Kier molecular flexibility index (Phi) is 6.28. The van der Waals surface area contributed by atoms with Gasteiger partial charge in [0.05, 0.1) is 29.7 Å². The monoisotopic (exact) mass is 485 g/mol. The molecule has 34 heavy (non-hydrogen) atoms. The first-order chi connectivity index (χ1) is 16.4. The number of anilines is 1. The van der Waals surface area contributed by atoms with Gasteiger partial charge in [0.1, 0.15) is 5.75 Å². The highest BCUT2D eigenvalue weighted by molar-refractivity contribution is 7.89. The number of amides is 2. The van der Waals surface area contributed by atoms with E-state index >= 15 is 0 Å². The number of nitrogens with one attached hydrogen (secondary N) is 1. The summed E-state index contributed by atoms with van der Waals surface area (Å²) >= 11 is 0. The average Bonchev–Trinajstić information content (AvgIpc) is 3.62. The van der Waals surface area contributed by atoms with E-state index in [0.29, 0.717) is 31.3 Å². The van der Waals surface area contributed by atoms with Gasteiger partial charge in [0, 0.05) is 32.1 Å². The fourth-order valence-electron chi connectivity index (χ4n) is 4.29. The molecule has 10 heteroatoms. The van der Waals surface area contributed by atoms with Crippen molar-refractivity contribution >= 4 is 27.5 Å². The van der Waals surface area contributed by atoms with Crippen LogP contribution in [0.2, 0.25) is 0 Å². The number of hydrogen-bond donors (Lipinski definition) is 1. The maximum atomic E-state index is 13.2. The van der Waals surface area contributed by atoms with Crippen LogP contribution >= 0.6 is 0 Å². The molecule has 1 N–H and O–H groups in total. The third kappa shape index (κ3) is 4.79. The maximum Gasteiger partial charge on any atom is 0.243 e. The van der Waals surface area contributed by atoms with Crippen molar-refractivity contribution in [3.63, 3.8) is 0 Å². The lowest BCUT2D eigenvalue weighted by atomic mass is 10.1. The van der Waals surface area contributed by atoms with Crippen LogP contribution in [0.25, 0.3) is 0 Å². The normalized spacial score (nSPS) is 21.5.